The number of ether oxygens (including phenoxy) is 1. The van der Waals surface area contributed by atoms with Crippen LogP contribution in [0.4, 0.5) is 19.1 Å². The van der Waals surface area contributed by atoms with Gasteiger partial charge in [0.1, 0.15) is 0 Å². The van der Waals surface area contributed by atoms with E-state index in [1.54, 1.807) is 37.3 Å². The second-order valence-corrected chi connectivity index (χ2v) is 8.30. The maximum absolute atomic E-state index is 14.3. The number of rotatable bonds is 7. The summed E-state index contributed by atoms with van der Waals surface area (Å²) < 4.78 is 49.4. The SMILES string of the molecule is Cc1ccn(-c2cc(Cl)ccc2[C@@H](Oc2cc(-c3ccc(CC(=O)O)cc3)nc(N)n2)C(F)(F)F)n1. The van der Waals surface area contributed by atoms with Crippen molar-refractivity contribution in [3.63, 3.8) is 0 Å². The predicted octanol–water partition coefficient (Wildman–Crippen LogP) is 5.18. The molecule has 8 nitrogen and oxygen atoms in total. The maximum Gasteiger partial charge on any atom is 0.429 e. The first-order chi connectivity index (χ1) is 17.0. The third-order valence-corrected chi connectivity index (χ3v) is 5.34. The number of carboxylic acids is 1. The number of carbonyl (C=O) groups is 1. The van der Waals surface area contributed by atoms with Gasteiger partial charge in [0.2, 0.25) is 17.9 Å². The molecule has 0 aliphatic rings. The number of anilines is 1. The number of alkyl halides is 3. The summed E-state index contributed by atoms with van der Waals surface area (Å²) in [4.78, 5) is 18.8. The van der Waals surface area contributed by atoms with Crippen molar-refractivity contribution in [1.82, 2.24) is 19.7 Å². The molecule has 4 rings (SSSR count). The Bertz CT molecular complexity index is 1410. The molecule has 2 heterocycles. The molecule has 0 aliphatic heterocycles. The normalized spacial score (nSPS) is 12.4. The largest absolute Gasteiger partial charge is 0.481 e. The van der Waals surface area contributed by atoms with Crippen molar-refractivity contribution in [1.29, 1.82) is 0 Å². The smallest absolute Gasteiger partial charge is 0.429 e. The Morgan fingerprint density at radius 1 is 1.14 bits per heavy atom. The number of nitrogens with zero attached hydrogens (tertiary/aromatic N) is 4. The van der Waals surface area contributed by atoms with Gasteiger partial charge in [-0.15, -0.1) is 0 Å². The molecule has 0 bridgehead atoms. The van der Waals surface area contributed by atoms with Crippen molar-refractivity contribution < 1.29 is 27.8 Å². The van der Waals surface area contributed by atoms with Crippen LogP contribution in [-0.4, -0.2) is 37.0 Å². The van der Waals surface area contributed by atoms with Gasteiger partial charge in [0.05, 0.1) is 23.5 Å². The summed E-state index contributed by atoms with van der Waals surface area (Å²) in [6, 6.07) is 13.1. The molecule has 2 aromatic carbocycles. The van der Waals surface area contributed by atoms with Gasteiger partial charge in [-0.1, -0.05) is 41.9 Å². The van der Waals surface area contributed by atoms with E-state index in [2.05, 4.69) is 15.1 Å². The fourth-order valence-corrected chi connectivity index (χ4v) is 3.70. The molecule has 0 saturated carbocycles. The highest BCUT2D eigenvalue weighted by Gasteiger charge is 2.45. The number of aliphatic carboxylic acids is 1. The lowest BCUT2D eigenvalue weighted by Gasteiger charge is -2.24. The molecule has 2 aromatic heterocycles. The lowest BCUT2D eigenvalue weighted by molar-refractivity contribution is -0.198. The number of aromatic nitrogens is 4. The molecule has 186 valence electrons. The van der Waals surface area contributed by atoms with Crippen LogP contribution in [0.3, 0.4) is 0 Å². The number of carboxylic acid groups (broad SMARTS) is 1. The highest BCUT2D eigenvalue weighted by atomic mass is 35.5. The molecule has 36 heavy (non-hydrogen) atoms. The monoisotopic (exact) mass is 517 g/mol. The van der Waals surface area contributed by atoms with Crippen LogP contribution >= 0.6 is 11.6 Å². The standard InChI is InChI=1S/C24H19ClF3N5O3/c1-13-8-9-33(32-13)19-11-16(25)6-7-17(19)22(24(26,27)28)36-20-12-18(30-23(29)31-20)15-4-2-14(3-5-15)10-21(34)35/h2-9,11-12,22H,10H2,1H3,(H,34,35)(H2,29,30,31)/t22-/m1/s1. The molecular formula is C24H19ClF3N5O3. The quantitative estimate of drug-likeness (QED) is 0.347. The van der Waals surface area contributed by atoms with E-state index in [4.69, 9.17) is 27.2 Å². The second kappa shape index (κ2) is 9.86. The van der Waals surface area contributed by atoms with Crippen molar-refractivity contribution in [3.8, 4) is 22.8 Å². The second-order valence-electron chi connectivity index (χ2n) is 7.86. The lowest BCUT2D eigenvalue weighted by Crippen LogP contribution is -2.28. The van der Waals surface area contributed by atoms with Crippen LogP contribution in [0.15, 0.2) is 60.8 Å². The summed E-state index contributed by atoms with van der Waals surface area (Å²) in [5.74, 6) is -1.68. The van der Waals surface area contributed by atoms with E-state index in [0.29, 0.717) is 16.8 Å². The predicted molar refractivity (Wildman–Crippen MR) is 126 cm³/mol. The number of hydrogen-bond donors (Lipinski definition) is 2. The minimum Gasteiger partial charge on any atom is -0.481 e. The first-order valence-electron chi connectivity index (χ1n) is 10.5. The van der Waals surface area contributed by atoms with Gasteiger partial charge in [-0.3, -0.25) is 4.79 Å². The van der Waals surface area contributed by atoms with Crippen molar-refractivity contribution in [2.24, 2.45) is 0 Å². The molecule has 0 spiro atoms. The Balaban J connectivity index is 1.72. The molecule has 1 atom stereocenters. The van der Waals surface area contributed by atoms with Gasteiger partial charge in [-0.2, -0.15) is 23.3 Å². The number of hydrogen-bond acceptors (Lipinski definition) is 6. The highest BCUT2D eigenvalue weighted by Crippen LogP contribution is 2.40. The maximum atomic E-state index is 14.3. The van der Waals surface area contributed by atoms with Crippen molar-refractivity contribution >= 4 is 23.5 Å². The molecular weight excluding hydrogens is 499 g/mol. The van der Waals surface area contributed by atoms with Crippen LogP contribution in [0.1, 0.15) is 22.9 Å². The molecule has 0 fully saturated rings. The minimum absolute atomic E-state index is 0.0918. The molecule has 0 amide bonds. The van der Waals surface area contributed by atoms with Gasteiger partial charge < -0.3 is 15.6 Å². The van der Waals surface area contributed by atoms with Crippen LogP contribution in [0.25, 0.3) is 16.9 Å². The fraction of sp³-hybridized carbons (Fsp3) is 0.167. The van der Waals surface area contributed by atoms with Crippen LogP contribution in [0.2, 0.25) is 5.02 Å². The molecule has 0 aliphatic carbocycles. The van der Waals surface area contributed by atoms with Crippen LogP contribution in [0.5, 0.6) is 5.88 Å². The summed E-state index contributed by atoms with van der Waals surface area (Å²) >= 11 is 6.07. The average molecular weight is 518 g/mol. The zero-order chi connectivity index (χ0) is 26.0. The molecule has 0 saturated heterocycles. The van der Waals surface area contributed by atoms with Crippen molar-refractivity contribution in [2.45, 2.75) is 25.6 Å². The molecule has 12 heteroatoms. The highest BCUT2D eigenvalue weighted by molar-refractivity contribution is 6.30. The Morgan fingerprint density at radius 2 is 1.86 bits per heavy atom. The van der Waals surface area contributed by atoms with Crippen molar-refractivity contribution in [2.75, 3.05) is 5.73 Å². The van der Waals surface area contributed by atoms with Crippen LogP contribution in [-0.2, 0) is 11.2 Å². The Hall–Kier alpha value is -4.12. The van der Waals surface area contributed by atoms with Gasteiger partial charge in [0, 0.05) is 28.4 Å². The van der Waals surface area contributed by atoms with E-state index < -0.39 is 24.1 Å². The van der Waals surface area contributed by atoms with Gasteiger partial charge in [-0.05, 0) is 30.7 Å². The zero-order valence-electron chi connectivity index (χ0n) is 18.7. The van der Waals surface area contributed by atoms with Crippen LogP contribution in [0, 0.1) is 6.92 Å². The Kier molecular flexibility index (Phi) is 6.84. The molecule has 3 N–H and O–H groups in total. The van der Waals surface area contributed by atoms with E-state index in [-0.39, 0.29) is 34.3 Å². The molecule has 0 unspecified atom stereocenters. The third-order valence-electron chi connectivity index (χ3n) is 5.11. The summed E-state index contributed by atoms with van der Waals surface area (Å²) in [5.41, 5.74) is 7.48. The van der Waals surface area contributed by atoms with E-state index in [1.807, 2.05) is 0 Å². The Morgan fingerprint density at radius 3 is 2.47 bits per heavy atom. The topological polar surface area (TPSA) is 116 Å². The van der Waals surface area contributed by atoms with E-state index in [1.165, 1.54) is 35.1 Å². The third kappa shape index (κ3) is 5.74. The molecule has 4 aromatic rings. The first-order valence-corrected chi connectivity index (χ1v) is 10.9. The van der Waals surface area contributed by atoms with E-state index >= 15 is 0 Å². The summed E-state index contributed by atoms with van der Waals surface area (Å²) in [5, 5.41) is 13.3. The number of benzene rings is 2. The van der Waals surface area contributed by atoms with Gasteiger partial charge in [0.25, 0.3) is 0 Å². The van der Waals surface area contributed by atoms with E-state index in [9.17, 15) is 18.0 Å². The van der Waals surface area contributed by atoms with E-state index in [0.717, 1.165) is 0 Å². The zero-order valence-corrected chi connectivity index (χ0v) is 19.5. The van der Waals surface area contributed by atoms with Crippen LogP contribution < -0.4 is 10.5 Å². The summed E-state index contributed by atoms with van der Waals surface area (Å²) in [7, 11) is 0. The fourth-order valence-electron chi connectivity index (χ4n) is 3.53. The molecule has 0 radical (unpaired) electrons. The minimum atomic E-state index is -4.83. The number of nitrogens with two attached hydrogens (primary N) is 1. The van der Waals surface area contributed by atoms with Gasteiger partial charge in [-0.25, -0.2) is 9.67 Å². The number of halogens is 4. The average Bonchev–Trinajstić information content (AvgIpc) is 3.23. The number of nitrogen functional groups attached to an aromatic ring is 1. The van der Waals surface area contributed by atoms with Gasteiger partial charge in [0.15, 0.2) is 0 Å². The Labute approximate surface area is 208 Å². The van der Waals surface area contributed by atoms with Crippen molar-refractivity contribution in [3.05, 3.63) is 82.6 Å². The summed E-state index contributed by atoms with van der Waals surface area (Å²) in [6.45, 7) is 1.71. The summed E-state index contributed by atoms with van der Waals surface area (Å²) in [6.07, 6.45) is -5.91. The lowest BCUT2D eigenvalue weighted by atomic mass is 10.1. The first kappa shape index (κ1) is 25.0. The van der Waals surface area contributed by atoms with Gasteiger partial charge >= 0.3 is 12.1 Å². The number of aryl methyl sites for hydroxylation is 1.